The molecular formula is C27H30F3N5OS. The first-order chi connectivity index (χ1) is 17.6. The number of primary amides is 1. The number of halogens is 3. The number of alkyl halides is 3. The summed E-state index contributed by atoms with van der Waals surface area (Å²) in [6, 6.07) is 13.4. The largest absolute Gasteiger partial charge is 0.416 e. The topological polar surface area (TPSA) is 77.0 Å². The van der Waals surface area contributed by atoms with E-state index < -0.39 is 11.7 Å². The third-order valence-electron chi connectivity index (χ3n) is 7.57. The number of carbonyl (C=O) groups is 1. The minimum absolute atomic E-state index is 0.216. The second-order valence-electron chi connectivity index (χ2n) is 10.2. The molecule has 1 spiro atoms. The maximum atomic E-state index is 12.9. The van der Waals surface area contributed by atoms with E-state index in [1.165, 1.54) is 12.1 Å². The lowest BCUT2D eigenvalue weighted by atomic mass is 9.97. The third kappa shape index (κ3) is 5.70. The number of amides is 1. The Morgan fingerprint density at radius 1 is 1.14 bits per heavy atom. The van der Waals surface area contributed by atoms with Gasteiger partial charge in [-0.3, -0.25) is 4.79 Å². The predicted octanol–water partition coefficient (Wildman–Crippen LogP) is 4.89. The molecule has 1 aliphatic heterocycles. The van der Waals surface area contributed by atoms with Crippen molar-refractivity contribution in [3.05, 3.63) is 65.2 Å². The molecule has 6 nitrogen and oxygen atoms in total. The molecule has 5 rings (SSSR count). The number of carbonyl (C=O) groups excluding carboxylic acids is 1. The predicted molar refractivity (Wildman–Crippen MR) is 137 cm³/mol. The van der Waals surface area contributed by atoms with Crippen LogP contribution in [0.4, 0.5) is 13.2 Å². The Labute approximate surface area is 218 Å². The van der Waals surface area contributed by atoms with Crippen molar-refractivity contribution >= 4 is 17.7 Å². The zero-order chi connectivity index (χ0) is 26.2. The zero-order valence-electron chi connectivity index (χ0n) is 20.7. The van der Waals surface area contributed by atoms with E-state index in [0.29, 0.717) is 5.92 Å². The highest BCUT2D eigenvalue weighted by Gasteiger charge is 2.57. The first-order valence-electron chi connectivity index (χ1n) is 12.4. The van der Waals surface area contributed by atoms with E-state index in [4.69, 9.17) is 5.73 Å². The van der Waals surface area contributed by atoms with Crippen LogP contribution < -0.4 is 5.73 Å². The van der Waals surface area contributed by atoms with Gasteiger partial charge in [-0.1, -0.05) is 48.2 Å². The molecule has 37 heavy (non-hydrogen) atoms. The summed E-state index contributed by atoms with van der Waals surface area (Å²) in [6.07, 6.45) is -0.872. The summed E-state index contributed by atoms with van der Waals surface area (Å²) >= 11 is 1.68. The lowest BCUT2D eigenvalue weighted by Gasteiger charge is -2.16. The number of hydrogen-bond acceptors (Lipinski definition) is 5. The molecule has 2 fully saturated rings. The summed E-state index contributed by atoms with van der Waals surface area (Å²) in [5.41, 5.74) is 7.75. The van der Waals surface area contributed by atoms with E-state index >= 15 is 0 Å². The molecule has 196 valence electrons. The number of benzene rings is 2. The molecule has 2 N–H and O–H groups in total. The van der Waals surface area contributed by atoms with Crippen LogP contribution >= 0.6 is 11.8 Å². The molecule has 10 heteroatoms. The van der Waals surface area contributed by atoms with Crippen LogP contribution in [0.3, 0.4) is 0 Å². The monoisotopic (exact) mass is 529 g/mol. The zero-order valence-corrected chi connectivity index (χ0v) is 21.5. The Hall–Kier alpha value is -2.85. The lowest BCUT2D eigenvalue weighted by Crippen LogP contribution is -2.23. The first kappa shape index (κ1) is 25.8. The van der Waals surface area contributed by atoms with Crippen molar-refractivity contribution in [1.29, 1.82) is 0 Å². The minimum atomic E-state index is -4.28. The summed E-state index contributed by atoms with van der Waals surface area (Å²) in [6.45, 7) is 3.06. The fourth-order valence-corrected chi connectivity index (χ4v) is 6.30. The molecule has 2 atom stereocenters. The van der Waals surface area contributed by atoms with Crippen LogP contribution in [-0.4, -0.2) is 51.0 Å². The molecule has 1 amide bonds. The first-order valence-corrected chi connectivity index (χ1v) is 13.4. The van der Waals surface area contributed by atoms with Gasteiger partial charge in [0.25, 0.3) is 0 Å². The second-order valence-corrected chi connectivity index (χ2v) is 11.2. The minimum Gasteiger partial charge on any atom is -0.369 e. The van der Waals surface area contributed by atoms with Gasteiger partial charge in [-0.25, -0.2) is 0 Å². The van der Waals surface area contributed by atoms with Crippen molar-refractivity contribution in [1.82, 2.24) is 19.7 Å². The SMILES string of the molecule is Cn1c(SCCCN2CCC3(CC3c3ccc(C(F)(F)F)cc3)C2)nnc1-c1ccc(CC(N)=O)cc1. The van der Waals surface area contributed by atoms with Gasteiger partial charge in [0.15, 0.2) is 11.0 Å². The Kier molecular flexibility index (Phi) is 7.06. The van der Waals surface area contributed by atoms with Crippen molar-refractivity contribution in [2.75, 3.05) is 25.4 Å². The van der Waals surface area contributed by atoms with E-state index in [-0.39, 0.29) is 17.7 Å². The van der Waals surface area contributed by atoms with Crippen molar-refractivity contribution in [3.63, 3.8) is 0 Å². The number of likely N-dealkylation sites (tertiary alicyclic amines) is 1. The highest BCUT2D eigenvalue weighted by molar-refractivity contribution is 7.99. The van der Waals surface area contributed by atoms with Gasteiger partial charge in [-0.2, -0.15) is 13.2 Å². The van der Waals surface area contributed by atoms with Crippen molar-refractivity contribution in [2.45, 2.75) is 42.9 Å². The van der Waals surface area contributed by atoms with E-state index in [1.807, 2.05) is 35.9 Å². The van der Waals surface area contributed by atoms with Gasteiger partial charge < -0.3 is 15.2 Å². The molecule has 1 saturated heterocycles. The Bertz CT molecular complexity index is 1260. The highest BCUT2D eigenvalue weighted by atomic mass is 32.2. The molecular weight excluding hydrogens is 499 g/mol. The second kappa shape index (κ2) is 10.1. The lowest BCUT2D eigenvalue weighted by molar-refractivity contribution is -0.137. The van der Waals surface area contributed by atoms with Crippen molar-refractivity contribution < 1.29 is 18.0 Å². The van der Waals surface area contributed by atoms with Crippen LogP contribution in [0.25, 0.3) is 11.4 Å². The van der Waals surface area contributed by atoms with Crippen LogP contribution in [0, 0.1) is 5.41 Å². The summed E-state index contributed by atoms with van der Waals surface area (Å²) in [5, 5.41) is 9.55. The van der Waals surface area contributed by atoms with Gasteiger partial charge in [0.05, 0.1) is 12.0 Å². The van der Waals surface area contributed by atoms with Gasteiger partial charge in [0, 0.05) is 24.9 Å². The van der Waals surface area contributed by atoms with Crippen LogP contribution in [-0.2, 0) is 24.4 Å². The molecule has 1 saturated carbocycles. The highest BCUT2D eigenvalue weighted by Crippen LogP contribution is 2.64. The van der Waals surface area contributed by atoms with Gasteiger partial charge in [0.2, 0.25) is 5.91 Å². The molecule has 3 aromatic rings. The Balaban J connectivity index is 1.08. The van der Waals surface area contributed by atoms with Crippen LogP contribution in [0.15, 0.2) is 53.7 Å². The fourth-order valence-electron chi connectivity index (χ4n) is 5.47. The third-order valence-corrected chi connectivity index (χ3v) is 8.68. The number of aromatic nitrogens is 3. The van der Waals surface area contributed by atoms with Crippen LogP contribution in [0.1, 0.15) is 41.9 Å². The quantitative estimate of drug-likeness (QED) is 0.316. The number of rotatable bonds is 9. The summed E-state index contributed by atoms with van der Waals surface area (Å²) in [4.78, 5) is 13.6. The number of nitrogens with zero attached hydrogens (tertiary/aromatic N) is 4. The van der Waals surface area contributed by atoms with Gasteiger partial charge in [0.1, 0.15) is 0 Å². The number of nitrogens with two attached hydrogens (primary N) is 1. The average molecular weight is 530 g/mol. The summed E-state index contributed by atoms with van der Waals surface area (Å²) < 4.78 is 40.6. The van der Waals surface area contributed by atoms with E-state index in [1.54, 1.807) is 23.9 Å². The summed E-state index contributed by atoms with van der Waals surface area (Å²) in [7, 11) is 1.95. The van der Waals surface area contributed by atoms with E-state index in [9.17, 15) is 18.0 Å². The maximum Gasteiger partial charge on any atom is 0.416 e. The van der Waals surface area contributed by atoms with Crippen LogP contribution in [0.2, 0.25) is 0 Å². The summed E-state index contributed by atoms with van der Waals surface area (Å²) in [5.74, 6) is 1.72. The molecule has 2 aliphatic rings. The Morgan fingerprint density at radius 2 is 1.86 bits per heavy atom. The average Bonchev–Trinajstić information content (AvgIpc) is 3.20. The van der Waals surface area contributed by atoms with Gasteiger partial charge >= 0.3 is 6.18 Å². The van der Waals surface area contributed by atoms with Crippen molar-refractivity contribution in [2.24, 2.45) is 18.2 Å². The molecule has 1 aliphatic carbocycles. The van der Waals surface area contributed by atoms with E-state index in [0.717, 1.165) is 72.3 Å². The molecule has 2 heterocycles. The smallest absolute Gasteiger partial charge is 0.369 e. The van der Waals surface area contributed by atoms with E-state index in [2.05, 4.69) is 15.1 Å². The molecule has 2 unspecified atom stereocenters. The standard InChI is InChI=1S/C27H30F3N5OS/c1-34-24(20-5-3-18(4-6-20)15-23(31)36)32-33-25(34)37-14-2-12-35-13-11-26(17-35)16-22(26)19-7-9-21(10-8-19)27(28,29)30/h3-10,22H,2,11-17H2,1H3,(H2,31,36). The fraction of sp³-hybridized carbons (Fsp3) is 0.444. The molecule has 1 aromatic heterocycles. The van der Waals surface area contributed by atoms with Crippen molar-refractivity contribution in [3.8, 4) is 11.4 Å². The maximum absolute atomic E-state index is 12.9. The molecule has 0 radical (unpaired) electrons. The van der Waals surface area contributed by atoms with Crippen LogP contribution in [0.5, 0.6) is 0 Å². The van der Waals surface area contributed by atoms with Gasteiger partial charge in [-0.15, -0.1) is 10.2 Å². The normalized spacial score (nSPS) is 21.6. The Morgan fingerprint density at radius 3 is 2.54 bits per heavy atom. The number of hydrogen-bond donors (Lipinski definition) is 1. The molecule has 0 bridgehead atoms. The number of thioether (sulfide) groups is 1. The molecule has 2 aromatic carbocycles. The van der Waals surface area contributed by atoms with Gasteiger partial charge in [-0.05, 0) is 66.9 Å².